The molecule has 1 atom stereocenters. The summed E-state index contributed by atoms with van der Waals surface area (Å²) in [4.78, 5) is 0. The smallest absolute Gasteiger partial charge is 0.0648 e. The second-order valence-corrected chi connectivity index (χ2v) is 3.42. The molecular weight excluding hydrogens is 162 g/mol. The van der Waals surface area contributed by atoms with Gasteiger partial charge in [-0.3, -0.25) is 0 Å². The maximum atomic E-state index is 6.01. The van der Waals surface area contributed by atoms with Crippen molar-refractivity contribution in [1.82, 2.24) is 10.2 Å². The fourth-order valence-corrected chi connectivity index (χ4v) is 1.41. The molecule has 1 heterocycles. The number of nitrogens with zero attached hydrogens (tertiary/aromatic N) is 2. The Labute approximate surface area is 79.4 Å². The molecule has 0 amide bonds. The van der Waals surface area contributed by atoms with Gasteiger partial charge in [0, 0.05) is 6.04 Å². The van der Waals surface area contributed by atoms with Crippen LogP contribution in [0.1, 0.15) is 42.8 Å². The molecular formula is C10H17N3. The van der Waals surface area contributed by atoms with Gasteiger partial charge in [0.15, 0.2) is 0 Å². The Morgan fingerprint density at radius 3 is 2.69 bits per heavy atom. The van der Waals surface area contributed by atoms with E-state index in [2.05, 4.69) is 17.1 Å². The second kappa shape index (κ2) is 4.33. The lowest BCUT2D eigenvalue weighted by molar-refractivity contribution is 0.627. The number of aryl methyl sites for hydroxylation is 2. The minimum Gasteiger partial charge on any atom is -0.324 e. The first-order valence-corrected chi connectivity index (χ1v) is 4.71. The Balaban J connectivity index is 2.91. The summed E-state index contributed by atoms with van der Waals surface area (Å²) in [6, 6.07) is 2.14. The average Bonchev–Trinajstić information content (AvgIpc) is 2.09. The van der Waals surface area contributed by atoms with Crippen molar-refractivity contribution >= 4 is 0 Å². The summed E-state index contributed by atoms with van der Waals surface area (Å²) in [6.07, 6.45) is 2.11. The highest BCUT2D eigenvalue weighted by Gasteiger charge is 2.09. The molecule has 13 heavy (non-hydrogen) atoms. The molecule has 0 aromatic carbocycles. The maximum absolute atomic E-state index is 6.01. The van der Waals surface area contributed by atoms with E-state index in [0.29, 0.717) is 0 Å². The minimum atomic E-state index is 0.110. The van der Waals surface area contributed by atoms with E-state index in [9.17, 15) is 0 Å². The summed E-state index contributed by atoms with van der Waals surface area (Å²) < 4.78 is 0. The third kappa shape index (κ3) is 2.49. The van der Waals surface area contributed by atoms with E-state index in [1.54, 1.807) is 0 Å². The summed E-state index contributed by atoms with van der Waals surface area (Å²) in [5.41, 5.74) is 9.03. The maximum Gasteiger partial charge on any atom is 0.0648 e. The van der Waals surface area contributed by atoms with Gasteiger partial charge in [0.1, 0.15) is 0 Å². The molecule has 0 saturated carbocycles. The van der Waals surface area contributed by atoms with E-state index in [1.807, 2.05) is 19.9 Å². The zero-order valence-corrected chi connectivity index (χ0v) is 8.54. The van der Waals surface area contributed by atoms with Crippen molar-refractivity contribution in [2.75, 3.05) is 0 Å². The van der Waals surface area contributed by atoms with Crippen LogP contribution in [0.4, 0.5) is 0 Å². The largest absolute Gasteiger partial charge is 0.324 e. The Morgan fingerprint density at radius 2 is 2.08 bits per heavy atom. The first kappa shape index (κ1) is 10.1. The fraction of sp³-hybridized carbons (Fsp3) is 0.600. The molecule has 3 heteroatoms. The first-order valence-electron chi connectivity index (χ1n) is 4.71. The lowest BCUT2D eigenvalue weighted by Gasteiger charge is -2.12. The van der Waals surface area contributed by atoms with E-state index in [-0.39, 0.29) is 6.04 Å². The summed E-state index contributed by atoms with van der Waals surface area (Å²) in [6.45, 7) is 6.03. The molecule has 0 saturated heterocycles. The molecule has 1 aromatic rings. The minimum absolute atomic E-state index is 0.110. The zero-order chi connectivity index (χ0) is 9.84. The van der Waals surface area contributed by atoms with Crippen LogP contribution in [0.2, 0.25) is 0 Å². The normalized spacial score (nSPS) is 12.9. The van der Waals surface area contributed by atoms with Gasteiger partial charge in [-0.05, 0) is 31.9 Å². The summed E-state index contributed by atoms with van der Waals surface area (Å²) >= 11 is 0. The van der Waals surface area contributed by atoms with Crippen LogP contribution in [-0.4, -0.2) is 10.2 Å². The van der Waals surface area contributed by atoms with E-state index in [4.69, 9.17) is 5.73 Å². The summed E-state index contributed by atoms with van der Waals surface area (Å²) in [5, 5.41) is 8.03. The molecule has 0 aliphatic rings. The number of aromatic nitrogens is 2. The van der Waals surface area contributed by atoms with E-state index < -0.39 is 0 Å². The number of hydrogen-bond acceptors (Lipinski definition) is 3. The Bertz CT molecular complexity index is 283. The molecule has 2 N–H and O–H groups in total. The summed E-state index contributed by atoms with van der Waals surface area (Å²) in [7, 11) is 0. The fourth-order valence-electron chi connectivity index (χ4n) is 1.41. The van der Waals surface area contributed by atoms with E-state index in [0.717, 1.165) is 29.8 Å². The molecule has 1 unspecified atom stereocenters. The first-order chi connectivity index (χ1) is 6.15. The van der Waals surface area contributed by atoms with Gasteiger partial charge >= 0.3 is 0 Å². The highest BCUT2D eigenvalue weighted by molar-refractivity contribution is 5.23. The topological polar surface area (TPSA) is 51.8 Å². The Hall–Kier alpha value is -0.960. The highest BCUT2D eigenvalue weighted by Crippen LogP contribution is 2.17. The summed E-state index contributed by atoms with van der Waals surface area (Å²) in [5.74, 6) is 0. The molecule has 0 fully saturated rings. The zero-order valence-electron chi connectivity index (χ0n) is 8.54. The van der Waals surface area contributed by atoms with Crippen molar-refractivity contribution in [1.29, 1.82) is 0 Å². The molecule has 72 valence electrons. The average molecular weight is 179 g/mol. The van der Waals surface area contributed by atoms with Crippen molar-refractivity contribution in [3.05, 3.63) is 23.0 Å². The molecule has 0 bridgehead atoms. The molecule has 1 rings (SSSR count). The van der Waals surface area contributed by atoms with Crippen molar-refractivity contribution in [2.24, 2.45) is 5.73 Å². The van der Waals surface area contributed by atoms with Crippen LogP contribution in [-0.2, 0) is 0 Å². The molecule has 1 aromatic heterocycles. The third-order valence-electron chi connectivity index (χ3n) is 2.14. The number of hydrogen-bond donors (Lipinski definition) is 1. The lowest BCUT2D eigenvalue weighted by Crippen LogP contribution is -2.13. The Kier molecular flexibility index (Phi) is 3.37. The van der Waals surface area contributed by atoms with Crippen LogP contribution in [0.3, 0.4) is 0 Å². The number of nitrogens with two attached hydrogens (primary N) is 1. The number of rotatable bonds is 3. The molecule has 0 aliphatic heterocycles. The third-order valence-corrected chi connectivity index (χ3v) is 2.14. The van der Waals surface area contributed by atoms with Gasteiger partial charge in [0.25, 0.3) is 0 Å². The van der Waals surface area contributed by atoms with Gasteiger partial charge in [-0.2, -0.15) is 10.2 Å². The van der Waals surface area contributed by atoms with Gasteiger partial charge < -0.3 is 5.73 Å². The molecule has 0 spiro atoms. The monoisotopic (exact) mass is 179 g/mol. The van der Waals surface area contributed by atoms with Crippen LogP contribution in [0.25, 0.3) is 0 Å². The van der Waals surface area contributed by atoms with Gasteiger partial charge in [0.2, 0.25) is 0 Å². The predicted molar refractivity (Wildman–Crippen MR) is 53.3 cm³/mol. The van der Waals surface area contributed by atoms with Gasteiger partial charge in [-0.15, -0.1) is 0 Å². The lowest BCUT2D eigenvalue weighted by atomic mass is 10.0. The van der Waals surface area contributed by atoms with Crippen LogP contribution >= 0.6 is 0 Å². The van der Waals surface area contributed by atoms with E-state index in [1.165, 1.54) is 0 Å². The van der Waals surface area contributed by atoms with Crippen LogP contribution < -0.4 is 5.73 Å². The molecule has 3 nitrogen and oxygen atoms in total. The standard InChI is InChI=1S/C10H17N3/c1-4-5-10(11)9-6-7(2)12-13-8(9)3/h6,10H,4-5,11H2,1-3H3. The Morgan fingerprint density at radius 1 is 1.38 bits per heavy atom. The second-order valence-electron chi connectivity index (χ2n) is 3.42. The predicted octanol–water partition coefficient (Wildman–Crippen LogP) is 1.89. The van der Waals surface area contributed by atoms with Crippen molar-refractivity contribution in [3.8, 4) is 0 Å². The van der Waals surface area contributed by atoms with E-state index >= 15 is 0 Å². The van der Waals surface area contributed by atoms with Gasteiger partial charge in [-0.1, -0.05) is 13.3 Å². The van der Waals surface area contributed by atoms with Crippen molar-refractivity contribution < 1.29 is 0 Å². The van der Waals surface area contributed by atoms with Crippen LogP contribution in [0, 0.1) is 13.8 Å². The van der Waals surface area contributed by atoms with Gasteiger partial charge in [0.05, 0.1) is 11.4 Å². The van der Waals surface area contributed by atoms with Crippen molar-refractivity contribution in [3.63, 3.8) is 0 Å². The van der Waals surface area contributed by atoms with Crippen LogP contribution in [0.5, 0.6) is 0 Å². The quantitative estimate of drug-likeness (QED) is 0.771. The molecule has 0 radical (unpaired) electrons. The SMILES string of the molecule is CCCC(N)c1cc(C)nnc1C. The molecule has 0 aliphatic carbocycles. The van der Waals surface area contributed by atoms with Crippen LogP contribution in [0.15, 0.2) is 6.07 Å². The van der Waals surface area contributed by atoms with Crippen molar-refractivity contribution in [2.45, 2.75) is 39.7 Å². The van der Waals surface area contributed by atoms with Gasteiger partial charge in [-0.25, -0.2) is 0 Å². The highest BCUT2D eigenvalue weighted by atomic mass is 15.1.